The number of hydrogen-bond donors (Lipinski definition) is 2. The molecule has 2 aromatic carbocycles. The molecule has 0 spiro atoms. The summed E-state index contributed by atoms with van der Waals surface area (Å²) >= 11 is 0. The normalized spacial score (nSPS) is 15.7. The van der Waals surface area contributed by atoms with Crippen LogP contribution in [0, 0.1) is 0 Å². The molecule has 0 radical (unpaired) electrons. The van der Waals surface area contributed by atoms with Crippen molar-refractivity contribution in [1.29, 1.82) is 0 Å². The molecular weight excluding hydrogens is 372 g/mol. The molecule has 1 atom stereocenters. The molecule has 29 heavy (non-hydrogen) atoms. The fourth-order valence-electron chi connectivity index (χ4n) is 3.68. The molecule has 0 bridgehead atoms. The largest absolute Gasteiger partial charge is 0.508 e. The molecule has 1 aliphatic rings. The van der Waals surface area contributed by atoms with Gasteiger partial charge in [0.2, 0.25) is 0 Å². The van der Waals surface area contributed by atoms with E-state index in [1.54, 1.807) is 7.05 Å². The molecule has 0 saturated carbocycles. The topological polar surface area (TPSA) is 92.0 Å². The Labute approximate surface area is 167 Å². The molecule has 150 valence electrons. The van der Waals surface area contributed by atoms with E-state index in [1.807, 2.05) is 42.2 Å². The Kier molecular flexibility index (Phi) is 4.88. The SMILES string of the molecule is CCc1cc2c(CN3C[C@@H](C(=O)NC)Oc4ccccc43)cc(=O)oc2cc1O. The van der Waals surface area contributed by atoms with E-state index in [0.29, 0.717) is 30.8 Å². The van der Waals surface area contributed by atoms with Gasteiger partial charge in [-0.2, -0.15) is 0 Å². The van der Waals surface area contributed by atoms with Crippen molar-refractivity contribution in [2.24, 2.45) is 0 Å². The quantitative estimate of drug-likeness (QED) is 0.661. The minimum atomic E-state index is -0.656. The van der Waals surface area contributed by atoms with Crippen molar-refractivity contribution in [3.05, 3.63) is 64.0 Å². The first-order chi connectivity index (χ1) is 14.0. The average Bonchev–Trinajstić information content (AvgIpc) is 2.72. The zero-order valence-corrected chi connectivity index (χ0v) is 16.3. The number of aromatic hydroxyl groups is 1. The van der Waals surface area contributed by atoms with Crippen LogP contribution in [-0.4, -0.2) is 30.7 Å². The molecule has 1 aliphatic heterocycles. The first-order valence-corrected chi connectivity index (χ1v) is 9.51. The highest BCUT2D eigenvalue weighted by Gasteiger charge is 2.30. The number of anilines is 1. The number of likely N-dealkylation sites (N-methyl/N-ethyl adjacent to an activating group) is 1. The summed E-state index contributed by atoms with van der Waals surface area (Å²) in [4.78, 5) is 26.3. The van der Waals surface area contributed by atoms with E-state index in [1.165, 1.54) is 12.1 Å². The number of fused-ring (bicyclic) bond motifs is 2. The Hall–Kier alpha value is -3.48. The Balaban J connectivity index is 1.79. The number of nitrogens with zero attached hydrogens (tertiary/aromatic N) is 1. The van der Waals surface area contributed by atoms with Crippen LogP contribution in [0.4, 0.5) is 5.69 Å². The van der Waals surface area contributed by atoms with E-state index in [4.69, 9.17) is 9.15 Å². The van der Waals surface area contributed by atoms with E-state index < -0.39 is 11.7 Å². The fourth-order valence-corrected chi connectivity index (χ4v) is 3.68. The highest BCUT2D eigenvalue weighted by Crippen LogP contribution is 2.35. The van der Waals surface area contributed by atoms with Gasteiger partial charge >= 0.3 is 5.63 Å². The molecule has 0 fully saturated rings. The molecular formula is C22H22N2O5. The van der Waals surface area contributed by atoms with Crippen LogP contribution in [0.25, 0.3) is 11.0 Å². The van der Waals surface area contributed by atoms with Gasteiger partial charge in [0.15, 0.2) is 6.10 Å². The van der Waals surface area contributed by atoms with Crippen LogP contribution in [0.3, 0.4) is 0 Å². The van der Waals surface area contributed by atoms with Gasteiger partial charge in [-0.1, -0.05) is 19.1 Å². The van der Waals surface area contributed by atoms with Gasteiger partial charge in [0.05, 0.1) is 12.2 Å². The lowest BCUT2D eigenvalue weighted by Gasteiger charge is -2.35. The first-order valence-electron chi connectivity index (χ1n) is 9.51. The van der Waals surface area contributed by atoms with Gasteiger partial charge in [-0.3, -0.25) is 4.79 Å². The van der Waals surface area contributed by atoms with E-state index in [-0.39, 0.29) is 11.7 Å². The average molecular weight is 394 g/mol. The van der Waals surface area contributed by atoms with Crippen LogP contribution >= 0.6 is 0 Å². The van der Waals surface area contributed by atoms with E-state index in [9.17, 15) is 14.7 Å². The number of hydrogen-bond acceptors (Lipinski definition) is 6. The number of benzene rings is 2. The van der Waals surface area contributed by atoms with Crippen molar-refractivity contribution in [1.82, 2.24) is 5.32 Å². The van der Waals surface area contributed by atoms with E-state index in [2.05, 4.69) is 5.32 Å². The number of carbonyl (C=O) groups excluding carboxylic acids is 1. The zero-order valence-electron chi connectivity index (χ0n) is 16.3. The number of rotatable bonds is 4. The number of phenols is 1. The molecule has 0 aliphatic carbocycles. The lowest BCUT2D eigenvalue weighted by Crippen LogP contribution is -2.48. The van der Waals surface area contributed by atoms with Crippen LogP contribution in [0.5, 0.6) is 11.5 Å². The Bertz CT molecular complexity index is 1140. The monoisotopic (exact) mass is 394 g/mol. The van der Waals surface area contributed by atoms with Gasteiger partial charge in [0, 0.05) is 31.1 Å². The third-order valence-electron chi connectivity index (χ3n) is 5.17. The number of para-hydroxylation sites is 2. The summed E-state index contributed by atoms with van der Waals surface area (Å²) in [6, 6.07) is 12.3. The molecule has 0 saturated heterocycles. The number of ether oxygens (including phenoxy) is 1. The van der Waals surface area contributed by atoms with Crippen molar-refractivity contribution in [2.75, 3.05) is 18.5 Å². The van der Waals surface area contributed by atoms with Crippen LogP contribution < -0.4 is 20.6 Å². The van der Waals surface area contributed by atoms with Crippen LogP contribution in [0.2, 0.25) is 0 Å². The van der Waals surface area contributed by atoms with Gasteiger partial charge in [0.1, 0.15) is 17.1 Å². The number of carbonyl (C=O) groups is 1. The maximum absolute atomic E-state index is 12.2. The lowest BCUT2D eigenvalue weighted by atomic mass is 10.0. The summed E-state index contributed by atoms with van der Waals surface area (Å²) in [5, 5.41) is 13.5. The summed E-state index contributed by atoms with van der Waals surface area (Å²) in [6.07, 6.45) is -0.00373. The van der Waals surface area contributed by atoms with Crippen LogP contribution in [0.15, 0.2) is 51.7 Å². The molecule has 2 N–H and O–H groups in total. The highest BCUT2D eigenvalue weighted by atomic mass is 16.5. The van der Waals surface area contributed by atoms with Gasteiger partial charge in [-0.25, -0.2) is 4.79 Å². The Morgan fingerprint density at radius 3 is 2.79 bits per heavy atom. The molecule has 3 aromatic rings. The summed E-state index contributed by atoms with van der Waals surface area (Å²) in [5.74, 6) is 0.517. The van der Waals surface area contributed by atoms with Gasteiger partial charge < -0.3 is 24.5 Å². The minimum Gasteiger partial charge on any atom is -0.508 e. The van der Waals surface area contributed by atoms with Gasteiger partial charge in [-0.15, -0.1) is 0 Å². The molecule has 1 aromatic heterocycles. The van der Waals surface area contributed by atoms with E-state index >= 15 is 0 Å². The smallest absolute Gasteiger partial charge is 0.336 e. The number of phenolic OH excluding ortho intramolecular Hbond substituents is 1. The Morgan fingerprint density at radius 2 is 2.03 bits per heavy atom. The summed E-state index contributed by atoms with van der Waals surface area (Å²) in [7, 11) is 1.57. The third-order valence-corrected chi connectivity index (χ3v) is 5.17. The predicted molar refractivity (Wildman–Crippen MR) is 110 cm³/mol. The first kappa shape index (κ1) is 18.9. The second-order valence-corrected chi connectivity index (χ2v) is 6.99. The van der Waals surface area contributed by atoms with Crippen molar-refractivity contribution in [3.8, 4) is 11.5 Å². The zero-order chi connectivity index (χ0) is 20.5. The Morgan fingerprint density at radius 1 is 1.24 bits per heavy atom. The molecule has 0 unspecified atom stereocenters. The summed E-state index contributed by atoms with van der Waals surface area (Å²) in [6.45, 7) is 2.69. The highest BCUT2D eigenvalue weighted by molar-refractivity contribution is 5.84. The van der Waals surface area contributed by atoms with E-state index in [0.717, 1.165) is 22.2 Å². The molecule has 7 nitrogen and oxygen atoms in total. The number of nitrogens with one attached hydrogen (secondary N) is 1. The fraction of sp³-hybridized carbons (Fsp3) is 0.273. The minimum absolute atomic E-state index is 0.108. The lowest BCUT2D eigenvalue weighted by molar-refractivity contribution is -0.127. The molecule has 1 amide bonds. The van der Waals surface area contributed by atoms with Crippen molar-refractivity contribution in [2.45, 2.75) is 26.0 Å². The van der Waals surface area contributed by atoms with Crippen molar-refractivity contribution in [3.63, 3.8) is 0 Å². The maximum atomic E-state index is 12.2. The summed E-state index contributed by atoms with van der Waals surface area (Å²) in [5.41, 5.74) is 2.24. The molecule has 2 heterocycles. The molecule has 4 rings (SSSR count). The second-order valence-electron chi connectivity index (χ2n) is 6.99. The van der Waals surface area contributed by atoms with Crippen molar-refractivity contribution < 1.29 is 19.1 Å². The maximum Gasteiger partial charge on any atom is 0.336 e. The van der Waals surface area contributed by atoms with Gasteiger partial charge in [-0.05, 0) is 35.7 Å². The van der Waals surface area contributed by atoms with Crippen molar-refractivity contribution >= 4 is 22.6 Å². The van der Waals surface area contributed by atoms with Crippen LogP contribution in [-0.2, 0) is 17.8 Å². The second kappa shape index (κ2) is 7.50. The van der Waals surface area contributed by atoms with Crippen LogP contribution in [0.1, 0.15) is 18.1 Å². The number of amides is 1. The number of aryl methyl sites for hydroxylation is 1. The standard InChI is InChI=1S/C22H22N2O5/c1-3-13-8-15-14(9-21(26)29-19(15)10-17(13)25)11-24-12-20(22(27)23-2)28-18-7-5-4-6-16(18)24/h4-10,20,25H,3,11-12H2,1-2H3,(H,23,27)/t20-/m0/s1. The predicted octanol–water partition coefficient (Wildman–Crippen LogP) is 2.57. The molecule has 7 heteroatoms. The summed E-state index contributed by atoms with van der Waals surface area (Å²) < 4.78 is 11.1. The third kappa shape index (κ3) is 3.51. The van der Waals surface area contributed by atoms with Gasteiger partial charge in [0.25, 0.3) is 5.91 Å².